The third-order valence-corrected chi connectivity index (χ3v) is 3.81. The highest BCUT2D eigenvalue weighted by Crippen LogP contribution is 2.19. The van der Waals surface area contributed by atoms with E-state index in [1.807, 2.05) is 30.5 Å². The molecule has 1 aromatic heterocycles. The zero-order valence-electron chi connectivity index (χ0n) is 13.8. The van der Waals surface area contributed by atoms with Gasteiger partial charge in [-0.1, -0.05) is 18.2 Å². The highest BCUT2D eigenvalue weighted by atomic mass is 16.2. The average Bonchev–Trinajstić information content (AvgIpc) is 2.97. The summed E-state index contributed by atoms with van der Waals surface area (Å²) in [6, 6.07) is 9.32. The van der Waals surface area contributed by atoms with Gasteiger partial charge in [0.1, 0.15) is 6.04 Å². The molecule has 2 amide bonds. The van der Waals surface area contributed by atoms with E-state index >= 15 is 0 Å². The third kappa shape index (κ3) is 4.85. The molecule has 0 saturated heterocycles. The first-order valence-corrected chi connectivity index (χ1v) is 8.08. The smallest absolute Gasteiger partial charge is 0.242 e. The van der Waals surface area contributed by atoms with Crippen LogP contribution in [0.2, 0.25) is 0 Å². The number of unbranched alkanes of at least 4 members (excludes halogenated alkanes) is 2. The van der Waals surface area contributed by atoms with E-state index in [1.165, 1.54) is 6.92 Å². The largest absolute Gasteiger partial charge is 0.361 e. The Bertz CT molecular complexity index is 745. The number of aromatic nitrogens is 1. The van der Waals surface area contributed by atoms with E-state index in [0.29, 0.717) is 19.4 Å². The van der Waals surface area contributed by atoms with Crippen LogP contribution in [-0.4, -0.2) is 29.4 Å². The number of hydrogen-bond acceptors (Lipinski definition) is 3. The first kappa shape index (κ1) is 17.5. The average molecular weight is 326 g/mol. The molecule has 3 N–H and O–H groups in total. The topological polar surface area (TPSA) is 97.8 Å². The molecule has 126 valence electrons. The van der Waals surface area contributed by atoms with Crippen molar-refractivity contribution in [2.45, 2.75) is 38.6 Å². The van der Waals surface area contributed by atoms with Crippen molar-refractivity contribution in [3.8, 4) is 6.07 Å². The van der Waals surface area contributed by atoms with E-state index in [-0.39, 0.29) is 11.8 Å². The fraction of sp³-hybridized carbons (Fsp3) is 0.389. The number of nitrogens with zero attached hydrogens (tertiary/aromatic N) is 1. The highest BCUT2D eigenvalue weighted by molar-refractivity contribution is 5.89. The van der Waals surface area contributed by atoms with Crippen LogP contribution < -0.4 is 10.6 Å². The molecule has 2 aromatic rings. The molecule has 0 aliphatic rings. The Hall–Kier alpha value is -2.81. The summed E-state index contributed by atoms with van der Waals surface area (Å²) in [5.41, 5.74) is 2.00. The first-order valence-electron chi connectivity index (χ1n) is 8.08. The summed E-state index contributed by atoms with van der Waals surface area (Å²) in [7, 11) is 0. The summed E-state index contributed by atoms with van der Waals surface area (Å²) < 4.78 is 0. The van der Waals surface area contributed by atoms with Crippen molar-refractivity contribution in [3.63, 3.8) is 0 Å². The van der Waals surface area contributed by atoms with Crippen LogP contribution in [-0.2, 0) is 16.0 Å². The van der Waals surface area contributed by atoms with Crippen molar-refractivity contribution < 1.29 is 9.59 Å². The molecule has 1 heterocycles. The van der Waals surface area contributed by atoms with Crippen LogP contribution in [0.4, 0.5) is 0 Å². The van der Waals surface area contributed by atoms with Crippen LogP contribution in [0.15, 0.2) is 30.5 Å². The van der Waals surface area contributed by atoms with Crippen LogP contribution in [0.3, 0.4) is 0 Å². The van der Waals surface area contributed by atoms with Gasteiger partial charge < -0.3 is 15.6 Å². The van der Waals surface area contributed by atoms with Gasteiger partial charge in [-0.05, 0) is 24.5 Å². The number of nitriles is 1. The third-order valence-electron chi connectivity index (χ3n) is 3.81. The number of para-hydroxylation sites is 1. The lowest BCUT2D eigenvalue weighted by atomic mass is 10.0. The molecule has 0 saturated carbocycles. The normalized spacial score (nSPS) is 11.7. The van der Waals surface area contributed by atoms with Gasteiger partial charge in [0.2, 0.25) is 11.8 Å². The van der Waals surface area contributed by atoms with Gasteiger partial charge in [0, 0.05) is 43.4 Å². The molecular formula is C18H22N4O2. The summed E-state index contributed by atoms with van der Waals surface area (Å²) >= 11 is 0. The van der Waals surface area contributed by atoms with E-state index in [2.05, 4.69) is 21.7 Å². The Morgan fingerprint density at radius 3 is 2.83 bits per heavy atom. The number of aromatic amines is 1. The van der Waals surface area contributed by atoms with Crippen LogP contribution in [0.25, 0.3) is 10.9 Å². The zero-order valence-corrected chi connectivity index (χ0v) is 13.8. The predicted molar refractivity (Wildman–Crippen MR) is 92.1 cm³/mol. The number of carbonyl (C=O) groups is 2. The van der Waals surface area contributed by atoms with E-state index in [0.717, 1.165) is 29.3 Å². The molecule has 0 bridgehead atoms. The number of H-pyrrole nitrogens is 1. The second kappa shape index (κ2) is 8.73. The molecule has 0 aliphatic heterocycles. The van der Waals surface area contributed by atoms with Crippen molar-refractivity contribution in [2.75, 3.05) is 6.54 Å². The summed E-state index contributed by atoms with van der Waals surface area (Å²) in [5.74, 6) is -0.438. The second-order valence-corrected chi connectivity index (χ2v) is 5.72. The molecule has 1 aromatic carbocycles. The molecule has 0 spiro atoms. The number of nitrogens with one attached hydrogen (secondary N) is 3. The first-order chi connectivity index (χ1) is 11.6. The fourth-order valence-electron chi connectivity index (χ4n) is 2.64. The Balaban J connectivity index is 2.01. The van der Waals surface area contributed by atoms with Gasteiger partial charge in [-0.3, -0.25) is 9.59 Å². The van der Waals surface area contributed by atoms with Gasteiger partial charge >= 0.3 is 0 Å². The van der Waals surface area contributed by atoms with Crippen LogP contribution in [0.5, 0.6) is 0 Å². The summed E-state index contributed by atoms with van der Waals surface area (Å²) in [6.07, 6.45) is 4.29. The Morgan fingerprint density at radius 2 is 2.08 bits per heavy atom. The van der Waals surface area contributed by atoms with Gasteiger partial charge in [0.05, 0.1) is 6.07 Å². The molecule has 0 fully saturated rings. The molecular weight excluding hydrogens is 304 g/mol. The Morgan fingerprint density at radius 1 is 1.29 bits per heavy atom. The SMILES string of the molecule is CC(=O)NC(Cc1c[nH]c2ccccc12)C(=O)NCCCCC#N. The number of benzene rings is 1. The van der Waals surface area contributed by atoms with Crippen molar-refractivity contribution in [1.29, 1.82) is 5.26 Å². The minimum absolute atomic E-state index is 0.201. The Labute approximate surface area is 141 Å². The predicted octanol–water partition coefficient (Wildman–Crippen LogP) is 2.03. The maximum Gasteiger partial charge on any atom is 0.242 e. The number of amides is 2. The fourth-order valence-corrected chi connectivity index (χ4v) is 2.64. The standard InChI is InChI=1S/C18H22N4O2/c1-13(23)22-17(18(24)20-10-6-2-5-9-19)11-14-12-21-16-8-4-3-7-15(14)16/h3-4,7-8,12,17,21H,2,5-6,10-11H2,1H3,(H,20,24)(H,22,23). The molecule has 1 unspecified atom stereocenters. The minimum Gasteiger partial charge on any atom is -0.361 e. The minimum atomic E-state index is -0.613. The zero-order chi connectivity index (χ0) is 17.4. The van der Waals surface area contributed by atoms with Crippen LogP contribution in [0.1, 0.15) is 31.7 Å². The molecule has 1 atom stereocenters. The lowest BCUT2D eigenvalue weighted by molar-refractivity contribution is -0.128. The van der Waals surface area contributed by atoms with Crippen LogP contribution in [0, 0.1) is 11.3 Å². The van der Waals surface area contributed by atoms with Crippen molar-refractivity contribution >= 4 is 22.7 Å². The molecule has 2 rings (SSSR count). The molecule has 6 nitrogen and oxygen atoms in total. The number of fused-ring (bicyclic) bond motifs is 1. The van der Waals surface area contributed by atoms with E-state index in [4.69, 9.17) is 5.26 Å². The van der Waals surface area contributed by atoms with E-state index in [1.54, 1.807) is 0 Å². The molecule has 24 heavy (non-hydrogen) atoms. The van der Waals surface area contributed by atoms with Gasteiger partial charge in [-0.15, -0.1) is 0 Å². The number of rotatable bonds is 8. The van der Waals surface area contributed by atoms with Gasteiger partial charge in [0.15, 0.2) is 0 Å². The summed E-state index contributed by atoms with van der Waals surface area (Å²) in [4.78, 5) is 27.0. The number of hydrogen-bond donors (Lipinski definition) is 3. The van der Waals surface area contributed by atoms with Crippen LogP contribution >= 0.6 is 0 Å². The van der Waals surface area contributed by atoms with E-state index in [9.17, 15) is 9.59 Å². The highest BCUT2D eigenvalue weighted by Gasteiger charge is 2.21. The molecule has 0 aliphatic carbocycles. The maximum atomic E-state index is 12.4. The second-order valence-electron chi connectivity index (χ2n) is 5.72. The molecule has 6 heteroatoms. The Kier molecular flexibility index (Phi) is 6.38. The lowest BCUT2D eigenvalue weighted by Crippen LogP contribution is -2.47. The van der Waals surface area contributed by atoms with Crippen molar-refractivity contribution in [2.24, 2.45) is 0 Å². The van der Waals surface area contributed by atoms with Gasteiger partial charge in [-0.2, -0.15) is 5.26 Å². The summed E-state index contributed by atoms with van der Waals surface area (Å²) in [6.45, 7) is 1.91. The van der Waals surface area contributed by atoms with Crippen molar-refractivity contribution in [3.05, 3.63) is 36.0 Å². The summed E-state index contributed by atoms with van der Waals surface area (Å²) in [5, 5.41) is 15.1. The van der Waals surface area contributed by atoms with Crippen molar-refractivity contribution in [1.82, 2.24) is 15.6 Å². The lowest BCUT2D eigenvalue weighted by Gasteiger charge is -2.17. The maximum absolute atomic E-state index is 12.4. The quantitative estimate of drug-likeness (QED) is 0.647. The van der Waals surface area contributed by atoms with Gasteiger partial charge in [-0.25, -0.2) is 0 Å². The van der Waals surface area contributed by atoms with E-state index < -0.39 is 6.04 Å². The molecule has 0 radical (unpaired) electrons. The number of carbonyl (C=O) groups excluding carboxylic acids is 2. The monoisotopic (exact) mass is 326 g/mol. The van der Waals surface area contributed by atoms with Gasteiger partial charge in [0.25, 0.3) is 0 Å².